The van der Waals surface area contributed by atoms with Gasteiger partial charge in [-0.2, -0.15) is 13.2 Å². The van der Waals surface area contributed by atoms with E-state index in [1.807, 2.05) is 0 Å². The second-order valence-electron chi connectivity index (χ2n) is 9.08. The number of nitrogens with zero attached hydrogens (tertiary/aromatic N) is 1. The number of rotatable bonds is 7. The Labute approximate surface area is 236 Å². The first-order valence-electron chi connectivity index (χ1n) is 12.6. The third-order valence-corrected chi connectivity index (χ3v) is 6.06. The van der Waals surface area contributed by atoms with Crippen LogP contribution in [0.1, 0.15) is 53.0 Å². The number of halogens is 6. The van der Waals surface area contributed by atoms with Crippen molar-refractivity contribution in [1.29, 1.82) is 0 Å². The highest BCUT2D eigenvalue weighted by molar-refractivity contribution is 6.06. The van der Waals surface area contributed by atoms with Crippen LogP contribution in [-0.4, -0.2) is 36.4 Å². The number of aromatic nitrogens is 1. The fourth-order valence-corrected chi connectivity index (χ4v) is 4.06. The highest BCUT2D eigenvalue weighted by atomic mass is 19.4. The number of carbonyl (C=O) groups excluding carboxylic acids is 2. The van der Waals surface area contributed by atoms with Crippen molar-refractivity contribution in [2.45, 2.75) is 44.6 Å². The molecule has 1 aromatic heterocycles. The Kier molecular flexibility index (Phi) is 10.6. The Morgan fingerprint density at radius 2 is 1.60 bits per heavy atom. The summed E-state index contributed by atoms with van der Waals surface area (Å²) in [5, 5.41) is 2.60. The number of benzene rings is 2. The van der Waals surface area contributed by atoms with Gasteiger partial charge < -0.3 is 25.3 Å². The van der Waals surface area contributed by atoms with Gasteiger partial charge in [0.05, 0.1) is 18.6 Å². The zero-order valence-electron chi connectivity index (χ0n) is 22.2. The van der Waals surface area contributed by atoms with E-state index in [9.17, 15) is 35.9 Å². The van der Waals surface area contributed by atoms with Crippen molar-refractivity contribution in [3.8, 4) is 23.0 Å². The molecular formula is C28H27F6N3O5. The molecule has 3 N–H and O–H groups in total. The number of hydrogen-bond donors (Lipinski definition) is 2. The molecule has 8 nitrogen and oxygen atoms in total. The molecule has 1 heterocycles. The number of para-hydroxylation sites is 1. The van der Waals surface area contributed by atoms with E-state index >= 15 is 0 Å². The maximum absolute atomic E-state index is 12.8. The minimum absolute atomic E-state index is 0.0294. The van der Waals surface area contributed by atoms with Gasteiger partial charge in [-0.1, -0.05) is 31.4 Å². The average molecular weight is 600 g/mol. The smallest absolute Gasteiger partial charge is 0.493 e. The molecule has 42 heavy (non-hydrogen) atoms. The van der Waals surface area contributed by atoms with E-state index in [2.05, 4.69) is 15.0 Å². The quantitative estimate of drug-likeness (QED) is 0.277. The topological polar surface area (TPSA) is 113 Å². The van der Waals surface area contributed by atoms with Crippen molar-refractivity contribution in [3.05, 3.63) is 72.1 Å². The number of methoxy groups -OCH3 is 1. The lowest BCUT2D eigenvalue weighted by Gasteiger charge is -2.23. The summed E-state index contributed by atoms with van der Waals surface area (Å²) in [7, 11) is 1.25. The van der Waals surface area contributed by atoms with Crippen molar-refractivity contribution >= 4 is 17.5 Å². The predicted molar refractivity (Wildman–Crippen MR) is 140 cm³/mol. The summed E-state index contributed by atoms with van der Waals surface area (Å²) in [6.07, 6.45) is -4.29. The number of alkyl halides is 6. The standard InChI is InChI=1S/C21H16F3N3O5.C7H11F3/c1-30-18-11-13(32-21(22,23)24)6-7-17(18)31-16-5-3-2-4-14(16)20(29)27-12-8-9-26-15(10-12)19(25)28;8-7(9,10)6-4-2-1-3-5-6/h2-11H,1H3,(H2,25,28)(H,26,27,29);6H,1-5H2. The van der Waals surface area contributed by atoms with E-state index in [0.29, 0.717) is 12.8 Å². The number of primary amides is 1. The van der Waals surface area contributed by atoms with Crippen molar-refractivity contribution < 1.29 is 50.1 Å². The maximum Gasteiger partial charge on any atom is 0.573 e. The summed E-state index contributed by atoms with van der Waals surface area (Å²) >= 11 is 0. The molecule has 226 valence electrons. The van der Waals surface area contributed by atoms with Gasteiger partial charge >= 0.3 is 12.5 Å². The molecule has 0 bridgehead atoms. The number of hydrogen-bond acceptors (Lipinski definition) is 6. The molecule has 0 aliphatic heterocycles. The lowest BCUT2D eigenvalue weighted by Crippen LogP contribution is -2.24. The number of ether oxygens (including phenoxy) is 3. The Hall–Kier alpha value is -4.49. The zero-order chi connectivity index (χ0) is 30.9. The second kappa shape index (κ2) is 13.9. The largest absolute Gasteiger partial charge is 0.573 e. The maximum atomic E-state index is 12.8. The van der Waals surface area contributed by atoms with E-state index in [-0.39, 0.29) is 34.2 Å². The first-order chi connectivity index (χ1) is 19.8. The van der Waals surface area contributed by atoms with E-state index in [4.69, 9.17) is 15.2 Å². The second-order valence-corrected chi connectivity index (χ2v) is 9.08. The van der Waals surface area contributed by atoms with Crippen molar-refractivity contribution in [2.75, 3.05) is 12.4 Å². The molecule has 2 amide bonds. The first-order valence-corrected chi connectivity index (χ1v) is 12.6. The van der Waals surface area contributed by atoms with Crippen molar-refractivity contribution in [2.24, 2.45) is 11.7 Å². The van der Waals surface area contributed by atoms with E-state index < -0.39 is 36.0 Å². The van der Waals surface area contributed by atoms with Gasteiger partial charge in [-0.15, -0.1) is 13.2 Å². The van der Waals surface area contributed by atoms with Crippen LogP contribution in [0.5, 0.6) is 23.0 Å². The van der Waals surface area contributed by atoms with Crippen LogP contribution < -0.4 is 25.3 Å². The number of pyridine rings is 1. The highest BCUT2D eigenvalue weighted by Crippen LogP contribution is 2.38. The van der Waals surface area contributed by atoms with Crippen molar-refractivity contribution in [3.63, 3.8) is 0 Å². The number of nitrogens with one attached hydrogen (secondary N) is 1. The summed E-state index contributed by atoms with van der Waals surface area (Å²) < 4.78 is 87.8. The molecule has 0 atom stereocenters. The third kappa shape index (κ3) is 9.56. The summed E-state index contributed by atoms with van der Waals surface area (Å²) in [6, 6.07) is 12.2. The number of amides is 2. The van der Waals surface area contributed by atoms with Crippen LogP contribution in [0.25, 0.3) is 0 Å². The van der Waals surface area contributed by atoms with Gasteiger partial charge in [0.1, 0.15) is 17.2 Å². The summed E-state index contributed by atoms with van der Waals surface area (Å²) in [5.74, 6) is -2.69. The fraction of sp³-hybridized carbons (Fsp3) is 0.321. The summed E-state index contributed by atoms with van der Waals surface area (Å²) in [4.78, 5) is 27.8. The van der Waals surface area contributed by atoms with Gasteiger partial charge in [-0.25, -0.2) is 0 Å². The SMILES string of the molecule is COc1cc(OC(F)(F)F)ccc1Oc1ccccc1C(=O)Nc1ccnc(C(N)=O)c1.FC(F)(F)C1CCCCC1. The first kappa shape index (κ1) is 32.0. The molecule has 1 saturated carbocycles. The van der Waals surface area contributed by atoms with Gasteiger partial charge in [0.25, 0.3) is 11.8 Å². The minimum atomic E-state index is -4.86. The Balaban J connectivity index is 0.000000408. The van der Waals surface area contributed by atoms with Crippen molar-refractivity contribution in [1.82, 2.24) is 4.98 Å². The molecule has 14 heteroatoms. The molecule has 0 saturated heterocycles. The van der Waals surface area contributed by atoms with Crippen LogP contribution in [0.3, 0.4) is 0 Å². The zero-order valence-corrected chi connectivity index (χ0v) is 22.2. The molecule has 2 aromatic carbocycles. The Morgan fingerprint density at radius 1 is 0.905 bits per heavy atom. The fourth-order valence-electron chi connectivity index (χ4n) is 4.06. The van der Waals surface area contributed by atoms with Gasteiger partial charge in [-0.05, 0) is 49.2 Å². The molecule has 0 unspecified atom stereocenters. The molecular weight excluding hydrogens is 572 g/mol. The van der Waals surface area contributed by atoms with Crippen LogP contribution in [0.15, 0.2) is 60.8 Å². The lowest BCUT2D eigenvalue weighted by molar-refractivity contribution is -0.274. The molecule has 1 aliphatic rings. The molecule has 0 spiro atoms. The number of anilines is 1. The molecule has 1 fully saturated rings. The van der Waals surface area contributed by atoms with E-state index in [1.165, 1.54) is 43.6 Å². The number of carbonyl (C=O) groups is 2. The summed E-state index contributed by atoms with van der Waals surface area (Å²) in [6.45, 7) is 0. The van der Waals surface area contributed by atoms with Gasteiger partial charge in [0, 0.05) is 18.0 Å². The van der Waals surface area contributed by atoms with Gasteiger partial charge in [-0.3, -0.25) is 14.6 Å². The highest BCUT2D eigenvalue weighted by Gasteiger charge is 2.39. The molecule has 4 rings (SSSR count). The van der Waals surface area contributed by atoms with Crippen LogP contribution in [0.4, 0.5) is 32.0 Å². The number of nitrogens with two attached hydrogens (primary N) is 1. The molecule has 3 aromatic rings. The molecule has 0 radical (unpaired) electrons. The van der Waals surface area contributed by atoms with Crippen LogP contribution in [0, 0.1) is 5.92 Å². The minimum Gasteiger partial charge on any atom is -0.493 e. The Bertz CT molecular complexity index is 1370. The molecule has 1 aliphatic carbocycles. The normalized spacial score (nSPS) is 13.8. The monoisotopic (exact) mass is 599 g/mol. The van der Waals surface area contributed by atoms with Gasteiger partial charge in [0.15, 0.2) is 11.5 Å². The Morgan fingerprint density at radius 3 is 2.19 bits per heavy atom. The van der Waals surface area contributed by atoms with Gasteiger partial charge in [0.2, 0.25) is 0 Å². The third-order valence-electron chi connectivity index (χ3n) is 6.06. The predicted octanol–water partition coefficient (Wildman–Crippen LogP) is 7.26. The van der Waals surface area contributed by atoms with Crippen LogP contribution >= 0.6 is 0 Å². The van der Waals surface area contributed by atoms with E-state index in [1.54, 1.807) is 12.1 Å². The summed E-state index contributed by atoms with van der Waals surface area (Å²) in [5.41, 5.74) is 5.55. The average Bonchev–Trinajstić information content (AvgIpc) is 2.94. The van der Waals surface area contributed by atoms with E-state index in [0.717, 1.165) is 31.4 Å². The lowest BCUT2D eigenvalue weighted by atomic mass is 9.89. The van der Waals surface area contributed by atoms with Crippen LogP contribution in [0.2, 0.25) is 0 Å². The van der Waals surface area contributed by atoms with Crippen LogP contribution in [-0.2, 0) is 0 Å².